The van der Waals surface area contributed by atoms with Crippen LogP contribution in [0.2, 0.25) is 5.02 Å². The zero-order valence-corrected chi connectivity index (χ0v) is 14.4. The minimum atomic E-state index is 0.0327. The summed E-state index contributed by atoms with van der Waals surface area (Å²) in [4.78, 5) is 14.1. The third kappa shape index (κ3) is 3.82. The van der Waals surface area contributed by atoms with Crippen LogP contribution >= 0.6 is 11.6 Å². The molecule has 0 saturated carbocycles. The van der Waals surface area contributed by atoms with E-state index in [2.05, 4.69) is 6.92 Å². The smallest absolute Gasteiger partial charge is 0.246 e. The van der Waals surface area contributed by atoms with E-state index in [0.29, 0.717) is 28.1 Å². The normalized spacial score (nSPS) is 16.0. The Morgan fingerprint density at radius 3 is 2.75 bits per heavy atom. The molecule has 3 rings (SSSR count). The van der Waals surface area contributed by atoms with Crippen LogP contribution in [0.5, 0.6) is 0 Å². The first kappa shape index (κ1) is 16.7. The fourth-order valence-corrected chi connectivity index (χ4v) is 3.09. The Labute approximate surface area is 146 Å². The van der Waals surface area contributed by atoms with Gasteiger partial charge in [-0.05, 0) is 55.2 Å². The van der Waals surface area contributed by atoms with Crippen molar-refractivity contribution in [2.45, 2.75) is 19.8 Å². The molecule has 1 saturated heterocycles. The van der Waals surface area contributed by atoms with Gasteiger partial charge in [-0.3, -0.25) is 4.79 Å². The summed E-state index contributed by atoms with van der Waals surface area (Å²) in [6.07, 6.45) is 5.42. The van der Waals surface area contributed by atoms with Crippen LogP contribution < -0.4 is 5.73 Å². The Morgan fingerprint density at radius 2 is 2.04 bits per heavy atom. The van der Waals surface area contributed by atoms with Gasteiger partial charge in [0.2, 0.25) is 5.91 Å². The highest BCUT2D eigenvalue weighted by molar-refractivity contribution is 6.33. The van der Waals surface area contributed by atoms with E-state index in [0.717, 1.165) is 31.5 Å². The molecule has 1 fully saturated rings. The van der Waals surface area contributed by atoms with Gasteiger partial charge in [-0.15, -0.1) is 0 Å². The number of carbonyl (C=O) groups excluding carboxylic acids is 1. The van der Waals surface area contributed by atoms with Crippen LogP contribution in [-0.2, 0) is 4.79 Å². The van der Waals surface area contributed by atoms with Gasteiger partial charge in [0.25, 0.3) is 0 Å². The highest BCUT2D eigenvalue weighted by atomic mass is 35.5. The third-order valence-corrected chi connectivity index (χ3v) is 4.68. The Kier molecular flexibility index (Phi) is 4.95. The molecule has 4 nitrogen and oxygen atoms in total. The van der Waals surface area contributed by atoms with Gasteiger partial charge in [0.05, 0.1) is 5.02 Å². The molecule has 0 spiro atoms. The summed E-state index contributed by atoms with van der Waals surface area (Å²) in [5.74, 6) is 2.01. The molecule has 1 aliphatic rings. The SMILES string of the molecule is CC1CCN(C(=O)/C=C/c2ccc(-c3ccc(N)cc3Cl)o2)CC1. The minimum Gasteiger partial charge on any atom is -0.457 e. The Bertz CT molecular complexity index is 758. The van der Waals surface area contributed by atoms with Gasteiger partial charge >= 0.3 is 0 Å². The molecule has 1 amide bonds. The average Bonchev–Trinajstić information content (AvgIpc) is 3.02. The number of piperidine rings is 1. The first-order chi connectivity index (χ1) is 11.5. The second-order valence-electron chi connectivity index (χ2n) is 6.28. The van der Waals surface area contributed by atoms with Crippen molar-refractivity contribution < 1.29 is 9.21 Å². The van der Waals surface area contributed by atoms with Crippen LogP contribution in [0, 0.1) is 5.92 Å². The van der Waals surface area contributed by atoms with Crippen molar-refractivity contribution in [1.82, 2.24) is 4.90 Å². The van der Waals surface area contributed by atoms with Crippen molar-refractivity contribution in [2.24, 2.45) is 5.92 Å². The van der Waals surface area contributed by atoms with Crippen molar-refractivity contribution in [2.75, 3.05) is 18.8 Å². The maximum absolute atomic E-state index is 12.2. The molecule has 2 heterocycles. The van der Waals surface area contributed by atoms with Crippen molar-refractivity contribution in [3.63, 3.8) is 0 Å². The number of rotatable bonds is 3. The molecule has 0 aliphatic carbocycles. The molecule has 126 valence electrons. The summed E-state index contributed by atoms with van der Waals surface area (Å²) in [6, 6.07) is 8.95. The predicted molar refractivity (Wildman–Crippen MR) is 97.6 cm³/mol. The van der Waals surface area contributed by atoms with E-state index >= 15 is 0 Å². The van der Waals surface area contributed by atoms with E-state index in [9.17, 15) is 4.79 Å². The Morgan fingerprint density at radius 1 is 1.29 bits per heavy atom. The first-order valence-corrected chi connectivity index (χ1v) is 8.53. The van der Waals surface area contributed by atoms with Crippen LogP contribution in [0.3, 0.4) is 0 Å². The van der Waals surface area contributed by atoms with Crippen LogP contribution in [-0.4, -0.2) is 23.9 Å². The lowest BCUT2D eigenvalue weighted by atomic mass is 9.99. The molecule has 1 aromatic carbocycles. The fourth-order valence-electron chi connectivity index (χ4n) is 2.81. The molecule has 1 aromatic heterocycles. The summed E-state index contributed by atoms with van der Waals surface area (Å²) < 4.78 is 5.76. The molecule has 2 aromatic rings. The van der Waals surface area contributed by atoms with Crippen molar-refractivity contribution >= 4 is 29.3 Å². The number of halogens is 1. The van der Waals surface area contributed by atoms with Gasteiger partial charge in [0.15, 0.2) is 0 Å². The first-order valence-electron chi connectivity index (χ1n) is 8.15. The Balaban J connectivity index is 1.68. The highest BCUT2D eigenvalue weighted by Gasteiger charge is 2.18. The van der Waals surface area contributed by atoms with Crippen LogP contribution in [0.4, 0.5) is 5.69 Å². The molecule has 0 unspecified atom stereocenters. The Hall–Kier alpha value is -2.20. The standard InChI is InChI=1S/C19H21ClN2O2/c1-13-8-10-22(11-9-13)19(23)7-4-15-3-6-18(24-15)16-5-2-14(21)12-17(16)20/h2-7,12-13H,8-11,21H2,1H3/b7-4+. The zero-order valence-electron chi connectivity index (χ0n) is 13.7. The summed E-state index contributed by atoms with van der Waals surface area (Å²) >= 11 is 6.20. The number of amides is 1. The zero-order chi connectivity index (χ0) is 17.1. The second kappa shape index (κ2) is 7.14. The van der Waals surface area contributed by atoms with Gasteiger partial charge in [0.1, 0.15) is 11.5 Å². The largest absolute Gasteiger partial charge is 0.457 e. The number of furan rings is 1. The van der Waals surface area contributed by atoms with E-state index in [1.54, 1.807) is 24.3 Å². The molecule has 0 atom stereocenters. The predicted octanol–water partition coefficient (Wildman–Crippen LogP) is 4.45. The lowest BCUT2D eigenvalue weighted by Crippen LogP contribution is -2.36. The molecule has 5 heteroatoms. The van der Waals surface area contributed by atoms with E-state index in [-0.39, 0.29) is 5.91 Å². The summed E-state index contributed by atoms with van der Waals surface area (Å²) in [5, 5.41) is 0.540. The van der Waals surface area contributed by atoms with Crippen LogP contribution in [0.1, 0.15) is 25.5 Å². The van der Waals surface area contributed by atoms with Gasteiger partial charge < -0.3 is 15.1 Å². The van der Waals surface area contributed by atoms with Crippen molar-refractivity contribution in [3.05, 3.63) is 47.2 Å². The number of nitrogen functional groups attached to an aromatic ring is 1. The number of carbonyl (C=O) groups is 1. The van der Waals surface area contributed by atoms with Gasteiger partial charge in [-0.2, -0.15) is 0 Å². The van der Waals surface area contributed by atoms with Gasteiger partial charge in [-0.1, -0.05) is 18.5 Å². The second-order valence-corrected chi connectivity index (χ2v) is 6.69. The number of hydrogen-bond acceptors (Lipinski definition) is 3. The molecule has 0 bridgehead atoms. The highest BCUT2D eigenvalue weighted by Crippen LogP contribution is 2.31. The molecule has 2 N–H and O–H groups in total. The van der Waals surface area contributed by atoms with E-state index in [1.807, 2.05) is 23.1 Å². The summed E-state index contributed by atoms with van der Waals surface area (Å²) in [7, 11) is 0. The van der Waals surface area contributed by atoms with Crippen molar-refractivity contribution in [1.29, 1.82) is 0 Å². The van der Waals surface area contributed by atoms with E-state index < -0.39 is 0 Å². The lowest BCUT2D eigenvalue weighted by Gasteiger charge is -2.29. The maximum Gasteiger partial charge on any atom is 0.246 e. The molecular weight excluding hydrogens is 324 g/mol. The molecule has 24 heavy (non-hydrogen) atoms. The van der Waals surface area contributed by atoms with E-state index in [4.69, 9.17) is 21.8 Å². The average molecular weight is 345 g/mol. The lowest BCUT2D eigenvalue weighted by molar-refractivity contribution is -0.127. The summed E-state index contributed by atoms with van der Waals surface area (Å²) in [6.45, 7) is 3.88. The molecule has 1 aliphatic heterocycles. The van der Waals surface area contributed by atoms with Crippen molar-refractivity contribution in [3.8, 4) is 11.3 Å². The fraction of sp³-hybridized carbons (Fsp3) is 0.316. The maximum atomic E-state index is 12.2. The number of anilines is 1. The number of nitrogens with two attached hydrogens (primary N) is 1. The topological polar surface area (TPSA) is 59.5 Å². The quantitative estimate of drug-likeness (QED) is 0.660. The minimum absolute atomic E-state index is 0.0327. The van der Waals surface area contributed by atoms with Crippen LogP contribution in [0.15, 0.2) is 40.8 Å². The van der Waals surface area contributed by atoms with Gasteiger partial charge in [0, 0.05) is 30.4 Å². The molecular formula is C19H21ClN2O2. The van der Waals surface area contributed by atoms with Crippen LogP contribution in [0.25, 0.3) is 17.4 Å². The van der Waals surface area contributed by atoms with E-state index in [1.165, 1.54) is 0 Å². The number of nitrogens with zero attached hydrogens (tertiary/aromatic N) is 1. The van der Waals surface area contributed by atoms with Gasteiger partial charge in [-0.25, -0.2) is 0 Å². The number of hydrogen-bond donors (Lipinski definition) is 1. The third-order valence-electron chi connectivity index (χ3n) is 4.37. The number of likely N-dealkylation sites (tertiary alicyclic amines) is 1. The summed E-state index contributed by atoms with van der Waals surface area (Å²) in [5.41, 5.74) is 7.09. The number of benzene rings is 1. The molecule has 0 radical (unpaired) electrons. The monoisotopic (exact) mass is 344 g/mol.